The number of hydrogen-bond donors (Lipinski definition) is 1. The monoisotopic (exact) mass is 326 g/mol. The Morgan fingerprint density at radius 2 is 1.58 bits per heavy atom. The summed E-state index contributed by atoms with van der Waals surface area (Å²) in [6.07, 6.45) is 0.235. The average molecular weight is 326 g/mol. The second-order valence-corrected chi connectivity index (χ2v) is 4.79. The lowest BCUT2D eigenvalue weighted by atomic mass is 10.3. The molecule has 1 amide bonds. The van der Waals surface area contributed by atoms with Gasteiger partial charge in [0.2, 0.25) is 5.91 Å². The first-order valence-electron chi connectivity index (χ1n) is 7.38. The Balaban J connectivity index is 1.73. The Morgan fingerprint density at radius 1 is 1.00 bits per heavy atom. The van der Waals surface area contributed by atoms with Crippen molar-refractivity contribution in [3.63, 3.8) is 0 Å². The normalized spacial score (nSPS) is 9.67. The summed E-state index contributed by atoms with van der Waals surface area (Å²) in [5, 5.41) is 11.2. The zero-order valence-electron chi connectivity index (χ0n) is 13.3. The van der Waals surface area contributed by atoms with Crippen molar-refractivity contribution >= 4 is 11.6 Å². The Bertz CT molecular complexity index is 690. The van der Waals surface area contributed by atoms with Crippen LogP contribution in [0.5, 0.6) is 17.2 Å². The molecule has 0 spiro atoms. The molecule has 0 aliphatic rings. The molecule has 0 aromatic heterocycles. The van der Waals surface area contributed by atoms with Gasteiger partial charge in [-0.25, -0.2) is 0 Å². The molecule has 0 aliphatic heterocycles. The number of carbonyl (C=O) groups is 1. The minimum Gasteiger partial charge on any atom is -0.497 e. The molecular formula is C18H18N2O4. The minimum absolute atomic E-state index is 0.00555. The Labute approximate surface area is 140 Å². The van der Waals surface area contributed by atoms with Crippen molar-refractivity contribution < 1.29 is 19.0 Å². The molecule has 0 heterocycles. The Morgan fingerprint density at radius 3 is 2.21 bits per heavy atom. The van der Waals surface area contributed by atoms with Gasteiger partial charge in [0.05, 0.1) is 20.1 Å². The summed E-state index contributed by atoms with van der Waals surface area (Å²) >= 11 is 0. The van der Waals surface area contributed by atoms with E-state index in [1.54, 1.807) is 55.6 Å². The summed E-state index contributed by atoms with van der Waals surface area (Å²) in [5.74, 6) is 1.87. The van der Waals surface area contributed by atoms with Crippen LogP contribution >= 0.6 is 0 Å². The quantitative estimate of drug-likeness (QED) is 0.806. The SMILES string of the molecule is COc1ccc(OCCC(=O)Nc2ccc(OCC#N)cc2)cc1. The number of benzene rings is 2. The fourth-order valence-electron chi connectivity index (χ4n) is 1.91. The predicted octanol–water partition coefficient (Wildman–Crippen LogP) is 3.01. The van der Waals surface area contributed by atoms with Gasteiger partial charge in [-0.1, -0.05) is 0 Å². The maximum Gasteiger partial charge on any atom is 0.227 e. The van der Waals surface area contributed by atoms with Crippen molar-refractivity contribution in [1.82, 2.24) is 0 Å². The van der Waals surface area contributed by atoms with Crippen molar-refractivity contribution in [2.45, 2.75) is 6.42 Å². The van der Waals surface area contributed by atoms with Crippen LogP contribution in [0.4, 0.5) is 5.69 Å². The number of nitriles is 1. The van der Waals surface area contributed by atoms with Gasteiger partial charge >= 0.3 is 0 Å². The number of nitrogens with zero attached hydrogens (tertiary/aromatic N) is 1. The lowest BCUT2D eigenvalue weighted by molar-refractivity contribution is -0.116. The molecule has 24 heavy (non-hydrogen) atoms. The highest BCUT2D eigenvalue weighted by molar-refractivity contribution is 5.90. The van der Waals surface area contributed by atoms with E-state index in [1.807, 2.05) is 6.07 Å². The topological polar surface area (TPSA) is 80.6 Å². The zero-order valence-corrected chi connectivity index (χ0v) is 13.3. The second kappa shape index (κ2) is 9.06. The molecule has 2 rings (SSSR count). The van der Waals surface area contributed by atoms with E-state index in [0.717, 1.165) is 5.75 Å². The predicted molar refractivity (Wildman–Crippen MR) is 89.3 cm³/mol. The third-order valence-corrected chi connectivity index (χ3v) is 3.10. The van der Waals surface area contributed by atoms with Crippen molar-refractivity contribution in [3.05, 3.63) is 48.5 Å². The van der Waals surface area contributed by atoms with Crippen molar-refractivity contribution in [1.29, 1.82) is 5.26 Å². The molecular weight excluding hydrogens is 308 g/mol. The molecule has 124 valence electrons. The van der Waals surface area contributed by atoms with Gasteiger partial charge in [0.1, 0.15) is 23.3 Å². The molecule has 0 saturated heterocycles. The van der Waals surface area contributed by atoms with E-state index in [4.69, 9.17) is 19.5 Å². The number of ether oxygens (including phenoxy) is 3. The average Bonchev–Trinajstić information content (AvgIpc) is 2.62. The van der Waals surface area contributed by atoms with Crippen LogP contribution in [0.2, 0.25) is 0 Å². The van der Waals surface area contributed by atoms with Gasteiger partial charge in [-0.05, 0) is 48.5 Å². The van der Waals surface area contributed by atoms with Crippen LogP contribution in [0.3, 0.4) is 0 Å². The molecule has 1 N–H and O–H groups in total. The smallest absolute Gasteiger partial charge is 0.227 e. The first-order valence-corrected chi connectivity index (χ1v) is 7.38. The van der Waals surface area contributed by atoms with Gasteiger partial charge in [-0.15, -0.1) is 0 Å². The van der Waals surface area contributed by atoms with Crippen molar-refractivity contribution in [2.24, 2.45) is 0 Å². The molecule has 0 bridgehead atoms. The fourth-order valence-corrected chi connectivity index (χ4v) is 1.91. The van der Waals surface area contributed by atoms with Crippen molar-refractivity contribution in [2.75, 3.05) is 25.6 Å². The summed E-state index contributed by atoms with van der Waals surface area (Å²) < 4.78 is 15.7. The maximum absolute atomic E-state index is 11.9. The van der Waals surface area contributed by atoms with E-state index >= 15 is 0 Å². The van der Waals surface area contributed by atoms with Crippen LogP contribution in [0, 0.1) is 11.3 Å². The number of hydrogen-bond acceptors (Lipinski definition) is 5. The lowest BCUT2D eigenvalue weighted by Gasteiger charge is -2.08. The molecule has 6 nitrogen and oxygen atoms in total. The van der Waals surface area contributed by atoms with Crippen LogP contribution in [0.15, 0.2) is 48.5 Å². The third-order valence-electron chi connectivity index (χ3n) is 3.10. The molecule has 0 radical (unpaired) electrons. The number of nitrogens with one attached hydrogen (secondary N) is 1. The Kier molecular flexibility index (Phi) is 6.47. The number of methoxy groups -OCH3 is 1. The van der Waals surface area contributed by atoms with Gasteiger partial charge < -0.3 is 19.5 Å². The summed E-state index contributed by atoms with van der Waals surface area (Å²) in [5.41, 5.74) is 0.661. The van der Waals surface area contributed by atoms with Crippen LogP contribution in [0.1, 0.15) is 6.42 Å². The fraction of sp³-hybridized carbons (Fsp3) is 0.222. The molecule has 0 saturated carbocycles. The van der Waals surface area contributed by atoms with Gasteiger partial charge in [0, 0.05) is 5.69 Å². The molecule has 6 heteroatoms. The second-order valence-electron chi connectivity index (χ2n) is 4.79. The number of amides is 1. The van der Waals surface area contributed by atoms with Gasteiger partial charge in [-0.3, -0.25) is 4.79 Å². The zero-order chi connectivity index (χ0) is 17.2. The summed E-state index contributed by atoms with van der Waals surface area (Å²) in [4.78, 5) is 11.9. The standard InChI is InChI=1S/C18H18N2O4/c1-22-15-6-8-17(9-7-15)23-12-10-18(21)20-14-2-4-16(5-3-14)24-13-11-19/h2-9H,10,12-13H2,1H3,(H,20,21). The molecule has 0 unspecified atom stereocenters. The van der Waals surface area contributed by atoms with Crippen LogP contribution in [-0.4, -0.2) is 26.2 Å². The highest BCUT2D eigenvalue weighted by Crippen LogP contribution is 2.18. The summed E-state index contributed by atoms with van der Waals surface area (Å²) in [6.45, 7) is 0.274. The highest BCUT2D eigenvalue weighted by atomic mass is 16.5. The molecule has 2 aromatic carbocycles. The van der Waals surface area contributed by atoms with Crippen LogP contribution < -0.4 is 19.5 Å². The number of anilines is 1. The summed E-state index contributed by atoms with van der Waals surface area (Å²) in [7, 11) is 1.60. The highest BCUT2D eigenvalue weighted by Gasteiger charge is 2.04. The molecule has 2 aromatic rings. The largest absolute Gasteiger partial charge is 0.497 e. The van der Waals surface area contributed by atoms with Gasteiger partial charge in [0.25, 0.3) is 0 Å². The molecule has 0 fully saturated rings. The van der Waals surface area contributed by atoms with Gasteiger partial charge in [0.15, 0.2) is 6.61 Å². The lowest BCUT2D eigenvalue weighted by Crippen LogP contribution is -2.15. The van der Waals surface area contributed by atoms with Crippen LogP contribution in [0.25, 0.3) is 0 Å². The van der Waals surface area contributed by atoms with Gasteiger partial charge in [-0.2, -0.15) is 5.26 Å². The van der Waals surface area contributed by atoms with Crippen molar-refractivity contribution in [3.8, 4) is 23.3 Å². The van der Waals surface area contributed by atoms with E-state index in [0.29, 0.717) is 17.2 Å². The number of rotatable bonds is 8. The number of carbonyl (C=O) groups excluding carboxylic acids is 1. The Hall–Kier alpha value is -3.20. The van der Waals surface area contributed by atoms with Crippen LogP contribution in [-0.2, 0) is 4.79 Å². The van der Waals surface area contributed by atoms with E-state index in [-0.39, 0.29) is 25.5 Å². The first kappa shape index (κ1) is 17.2. The third kappa shape index (κ3) is 5.54. The summed E-state index contributed by atoms with van der Waals surface area (Å²) in [6, 6.07) is 15.9. The maximum atomic E-state index is 11.9. The molecule has 0 aliphatic carbocycles. The van der Waals surface area contributed by atoms with E-state index in [2.05, 4.69) is 5.32 Å². The molecule has 0 atom stereocenters. The van der Waals surface area contributed by atoms with E-state index in [1.165, 1.54) is 0 Å². The first-order chi connectivity index (χ1) is 11.7. The minimum atomic E-state index is -0.144. The van der Waals surface area contributed by atoms with E-state index < -0.39 is 0 Å². The van der Waals surface area contributed by atoms with E-state index in [9.17, 15) is 4.79 Å².